The first-order valence-corrected chi connectivity index (χ1v) is 5.45. The van der Waals surface area contributed by atoms with Gasteiger partial charge in [0, 0.05) is 0 Å². The van der Waals surface area contributed by atoms with Crippen molar-refractivity contribution in [1.82, 2.24) is 0 Å². The van der Waals surface area contributed by atoms with E-state index in [1.54, 1.807) is 0 Å². The summed E-state index contributed by atoms with van der Waals surface area (Å²) in [6, 6.07) is 10.1. The lowest BCUT2D eigenvalue weighted by atomic mass is 10.1. The minimum Gasteiger partial charge on any atom is -0.228 e. The van der Waals surface area contributed by atoms with E-state index in [0.29, 0.717) is 0 Å². The summed E-state index contributed by atoms with van der Waals surface area (Å²) >= 11 is 0. The highest BCUT2D eigenvalue weighted by Crippen LogP contribution is 2.24. The molecular formula is C13H16O2. The molecule has 0 aliphatic carbocycles. The van der Waals surface area contributed by atoms with Crippen LogP contribution in [0.1, 0.15) is 31.4 Å². The fourth-order valence-corrected chi connectivity index (χ4v) is 1.66. The highest BCUT2D eigenvalue weighted by molar-refractivity contribution is 5.22. The Kier molecular flexibility index (Phi) is 3.54. The highest BCUT2D eigenvalue weighted by atomic mass is 17.2. The Hall–Kier alpha value is -1.12. The Morgan fingerprint density at radius 1 is 1.07 bits per heavy atom. The van der Waals surface area contributed by atoms with Crippen LogP contribution in [0.25, 0.3) is 0 Å². The summed E-state index contributed by atoms with van der Waals surface area (Å²) in [4.78, 5) is 10.6. The molecule has 1 aliphatic rings. The standard InChI is InChI=1S/C13H16O2/c1-2-6-12-9-10-13(15-14-12)11-7-4-3-5-8-11/h3-5,7-10,12-13H,2,6H2,1H3. The van der Waals surface area contributed by atoms with E-state index in [4.69, 9.17) is 9.78 Å². The molecule has 1 aliphatic heterocycles. The van der Waals surface area contributed by atoms with Gasteiger partial charge >= 0.3 is 0 Å². The number of hydrogen-bond acceptors (Lipinski definition) is 2. The van der Waals surface area contributed by atoms with E-state index in [-0.39, 0.29) is 12.2 Å². The molecule has 0 saturated carbocycles. The Balaban J connectivity index is 2.01. The first kappa shape index (κ1) is 10.4. The fourth-order valence-electron chi connectivity index (χ4n) is 1.66. The molecule has 2 unspecified atom stereocenters. The summed E-state index contributed by atoms with van der Waals surface area (Å²) in [6.45, 7) is 2.14. The Morgan fingerprint density at radius 2 is 1.87 bits per heavy atom. The van der Waals surface area contributed by atoms with Gasteiger partial charge in [-0.15, -0.1) is 0 Å². The zero-order valence-corrected chi connectivity index (χ0v) is 8.93. The molecule has 0 N–H and O–H groups in total. The Morgan fingerprint density at radius 3 is 2.47 bits per heavy atom. The number of benzene rings is 1. The van der Waals surface area contributed by atoms with Crippen LogP contribution in [-0.4, -0.2) is 6.10 Å². The summed E-state index contributed by atoms with van der Waals surface area (Å²) in [5.41, 5.74) is 1.13. The fraction of sp³-hybridized carbons (Fsp3) is 0.385. The molecule has 0 aromatic heterocycles. The van der Waals surface area contributed by atoms with Crippen LogP contribution in [0, 0.1) is 0 Å². The summed E-state index contributed by atoms with van der Waals surface area (Å²) in [6.07, 6.45) is 6.34. The first-order valence-electron chi connectivity index (χ1n) is 5.45. The zero-order chi connectivity index (χ0) is 10.5. The van der Waals surface area contributed by atoms with Crippen molar-refractivity contribution in [2.45, 2.75) is 32.0 Å². The molecule has 1 heterocycles. The van der Waals surface area contributed by atoms with Gasteiger partial charge in [-0.05, 0) is 18.1 Å². The van der Waals surface area contributed by atoms with Gasteiger partial charge in [-0.3, -0.25) is 0 Å². The van der Waals surface area contributed by atoms with Crippen molar-refractivity contribution in [2.75, 3.05) is 0 Å². The average molecular weight is 204 g/mol. The molecule has 2 nitrogen and oxygen atoms in total. The predicted octanol–water partition coefficient (Wildman–Crippen LogP) is 3.41. The molecule has 0 saturated heterocycles. The Labute approximate surface area is 90.4 Å². The molecular weight excluding hydrogens is 188 g/mol. The van der Waals surface area contributed by atoms with Crippen molar-refractivity contribution >= 4 is 0 Å². The minimum absolute atomic E-state index is 0.0562. The molecule has 1 aromatic carbocycles. The summed E-state index contributed by atoms with van der Waals surface area (Å²) in [5.74, 6) is 0. The van der Waals surface area contributed by atoms with Crippen LogP contribution < -0.4 is 0 Å². The van der Waals surface area contributed by atoms with E-state index < -0.39 is 0 Å². The second kappa shape index (κ2) is 5.10. The van der Waals surface area contributed by atoms with Crippen molar-refractivity contribution in [2.24, 2.45) is 0 Å². The summed E-state index contributed by atoms with van der Waals surface area (Å²) in [7, 11) is 0. The Bertz CT molecular complexity index is 319. The van der Waals surface area contributed by atoms with E-state index in [1.165, 1.54) is 0 Å². The quantitative estimate of drug-likeness (QED) is 0.555. The van der Waals surface area contributed by atoms with Crippen LogP contribution in [-0.2, 0) is 9.78 Å². The van der Waals surface area contributed by atoms with Crippen LogP contribution in [0.2, 0.25) is 0 Å². The lowest BCUT2D eigenvalue weighted by molar-refractivity contribution is -0.343. The van der Waals surface area contributed by atoms with E-state index >= 15 is 0 Å². The molecule has 2 rings (SSSR count). The average Bonchev–Trinajstić information content (AvgIpc) is 2.32. The maximum atomic E-state index is 5.34. The monoisotopic (exact) mass is 204 g/mol. The predicted molar refractivity (Wildman–Crippen MR) is 59.2 cm³/mol. The van der Waals surface area contributed by atoms with Crippen LogP contribution >= 0.6 is 0 Å². The third kappa shape index (κ3) is 2.67. The topological polar surface area (TPSA) is 18.5 Å². The molecule has 80 valence electrons. The first-order chi connectivity index (χ1) is 7.40. The molecule has 0 radical (unpaired) electrons. The summed E-state index contributed by atoms with van der Waals surface area (Å²) < 4.78 is 0. The summed E-state index contributed by atoms with van der Waals surface area (Å²) in [5, 5.41) is 0. The minimum atomic E-state index is -0.0562. The second-order valence-electron chi connectivity index (χ2n) is 3.74. The second-order valence-corrected chi connectivity index (χ2v) is 3.74. The SMILES string of the molecule is CCCC1C=CC(c2ccccc2)OO1. The van der Waals surface area contributed by atoms with E-state index in [1.807, 2.05) is 30.3 Å². The van der Waals surface area contributed by atoms with Gasteiger partial charge in [0.2, 0.25) is 0 Å². The van der Waals surface area contributed by atoms with Crippen molar-refractivity contribution in [1.29, 1.82) is 0 Å². The van der Waals surface area contributed by atoms with E-state index in [9.17, 15) is 0 Å². The molecule has 0 fully saturated rings. The van der Waals surface area contributed by atoms with Crippen molar-refractivity contribution in [3.63, 3.8) is 0 Å². The van der Waals surface area contributed by atoms with Gasteiger partial charge in [0.05, 0.1) is 0 Å². The van der Waals surface area contributed by atoms with Crippen molar-refractivity contribution in [3.8, 4) is 0 Å². The zero-order valence-electron chi connectivity index (χ0n) is 8.93. The molecule has 0 spiro atoms. The van der Waals surface area contributed by atoms with Gasteiger partial charge in [-0.2, -0.15) is 0 Å². The largest absolute Gasteiger partial charge is 0.228 e. The van der Waals surface area contributed by atoms with Crippen molar-refractivity contribution in [3.05, 3.63) is 48.0 Å². The lowest BCUT2D eigenvalue weighted by Crippen LogP contribution is -2.17. The molecule has 1 aromatic rings. The molecule has 2 atom stereocenters. The number of rotatable bonds is 3. The van der Waals surface area contributed by atoms with Gasteiger partial charge in [0.1, 0.15) is 12.2 Å². The van der Waals surface area contributed by atoms with Gasteiger partial charge in [-0.25, -0.2) is 9.78 Å². The molecule has 15 heavy (non-hydrogen) atoms. The van der Waals surface area contributed by atoms with E-state index in [2.05, 4.69) is 19.1 Å². The molecule has 2 heteroatoms. The normalized spacial score (nSPS) is 25.4. The van der Waals surface area contributed by atoms with Crippen LogP contribution in [0.5, 0.6) is 0 Å². The van der Waals surface area contributed by atoms with Gasteiger partial charge in [-0.1, -0.05) is 49.8 Å². The van der Waals surface area contributed by atoms with Crippen LogP contribution in [0.4, 0.5) is 0 Å². The maximum absolute atomic E-state index is 5.34. The third-order valence-electron chi connectivity index (χ3n) is 2.48. The molecule has 0 amide bonds. The van der Waals surface area contributed by atoms with Crippen molar-refractivity contribution < 1.29 is 9.78 Å². The number of hydrogen-bond donors (Lipinski definition) is 0. The van der Waals surface area contributed by atoms with Crippen LogP contribution in [0.15, 0.2) is 42.5 Å². The maximum Gasteiger partial charge on any atom is 0.136 e. The third-order valence-corrected chi connectivity index (χ3v) is 2.48. The van der Waals surface area contributed by atoms with Gasteiger partial charge < -0.3 is 0 Å². The van der Waals surface area contributed by atoms with Gasteiger partial charge in [0.25, 0.3) is 0 Å². The highest BCUT2D eigenvalue weighted by Gasteiger charge is 2.17. The van der Waals surface area contributed by atoms with Crippen LogP contribution in [0.3, 0.4) is 0 Å². The van der Waals surface area contributed by atoms with Gasteiger partial charge in [0.15, 0.2) is 0 Å². The molecule has 0 bridgehead atoms. The lowest BCUT2D eigenvalue weighted by Gasteiger charge is -2.22. The smallest absolute Gasteiger partial charge is 0.136 e. The van der Waals surface area contributed by atoms with E-state index in [0.717, 1.165) is 18.4 Å².